The normalized spacial score (nSPS) is 40.6. The number of para-hydroxylation sites is 1. The van der Waals surface area contributed by atoms with E-state index in [0.29, 0.717) is 11.9 Å². The van der Waals surface area contributed by atoms with Gasteiger partial charge in [-0.15, -0.1) is 0 Å². The minimum absolute atomic E-state index is 0.146. The highest BCUT2D eigenvalue weighted by Gasteiger charge is 2.63. The number of piperidine rings is 2. The van der Waals surface area contributed by atoms with Crippen LogP contribution < -0.4 is 0 Å². The monoisotopic (exact) mass is 323 g/mol. The van der Waals surface area contributed by atoms with E-state index in [1.54, 1.807) is 0 Å². The molecule has 4 fully saturated rings. The summed E-state index contributed by atoms with van der Waals surface area (Å²) in [6.45, 7) is 8.00. The van der Waals surface area contributed by atoms with E-state index in [0.717, 1.165) is 32.6 Å². The van der Waals surface area contributed by atoms with Crippen molar-refractivity contribution in [1.29, 1.82) is 0 Å². The van der Waals surface area contributed by atoms with Crippen LogP contribution in [0.5, 0.6) is 0 Å². The summed E-state index contributed by atoms with van der Waals surface area (Å²) in [4.78, 5) is 18.2. The fraction of sp³-hybridized carbons (Fsp3) is 0.550. The first-order valence-electron chi connectivity index (χ1n) is 9.04. The van der Waals surface area contributed by atoms with E-state index in [9.17, 15) is 4.79 Å². The van der Waals surface area contributed by atoms with Crippen molar-refractivity contribution in [3.8, 4) is 0 Å². The summed E-state index contributed by atoms with van der Waals surface area (Å²) in [6.07, 6.45) is 3.56. The Kier molecular flexibility index (Phi) is 2.75. The van der Waals surface area contributed by atoms with Crippen LogP contribution in [0.1, 0.15) is 32.0 Å². The van der Waals surface area contributed by atoms with Gasteiger partial charge in [-0.2, -0.15) is 0 Å². The lowest BCUT2D eigenvalue weighted by Gasteiger charge is -2.65. The minimum atomic E-state index is -0.187. The molecule has 6 rings (SSSR count). The molecule has 2 aromatic rings. The first kappa shape index (κ1) is 14.7. The topological polar surface area (TPSA) is 28.5 Å². The van der Waals surface area contributed by atoms with Crippen LogP contribution in [0.3, 0.4) is 0 Å². The number of nitrogens with zero attached hydrogens (tertiary/aromatic N) is 3. The van der Waals surface area contributed by atoms with Gasteiger partial charge in [-0.3, -0.25) is 14.6 Å². The largest absolute Gasteiger partial charge is 0.350 e. The van der Waals surface area contributed by atoms with E-state index in [2.05, 4.69) is 65.7 Å². The van der Waals surface area contributed by atoms with Crippen LogP contribution in [-0.4, -0.2) is 46.3 Å². The van der Waals surface area contributed by atoms with Gasteiger partial charge in [-0.25, -0.2) is 0 Å². The highest BCUT2D eigenvalue weighted by molar-refractivity contribution is 5.93. The molecule has 0 saturated carbocycles. The van der Waals surface area contributed by atoms with E-state index in [1.165, 1.54) is 16.5 Å². The van der Waals surface area contributed by atoms with Gasteiger partial charge < -0.3 is 4.57 Å². The van der Waals surface area contributed by atoms with Crippen LogP contribution in [-0.2, 0) is 11.8 Å². The molecule has 5 heterocycles. The Morgan fingerprint density at radius 1 is 1.12 bits per heavy atom. The van der Waals surface area contributed by atoms with Gasteiger partial charge in [0.1, 0.15) is 5.78 Å². The van der Waals surface area contributed by atoms with Crippen LogP contribution >= 0.6 is 0 Å². The number of carbonyl (C=O) groups is 1. The zero-order valence-corrected chi connectivity index (χ0v) is 14.7. The highest BCUT2D eigenvalue weighted by Crippen LogP contribution is 2.54. The Morgan fingerprint density at radius 3 is 2.46 bits per heavy atom. The molecule has 4 saturated heterocycles. The van der Waals surface area contributed by atoms with E-state index < -0.39 is 0 Å². The Hall–Kier alpha value is -1.65. The Balaban J connectivity index is 1.64. The quantitative estimate of drug-likeness (QED) is 0.851. The number of aryl methyl sites for hydroxylation is 1. The first-order valence-corrected chi connectivity index (χ1v) is 9.04. The lowest BCUT2D eigenvalue weighted by Crippen LogP contribution is -2.75. The Bertz CT molecular complexity index is 836. The first-order chi connectivity index (χ1) is 11.5. The second-order valence-electron chi connectivity index (χ2n) is 8.42. The van der Waals surface area contributed by atoms with Gasteiger partial charge in [0.15, 0.2) is 0 Å². The minimum Gasteiger partial charge on any atom is -0.350 e. The molecule has 4 heteroatoms. The van der Waals surface area contributed by atoms with Gasteiger partial charge in [0.2, 0.25) is 0 Å². The third kappa shape index (κ3) is 1.63. The highest BCUT2D eigenvalue weighted by atomic mass is 16.1. The number of ketones is 1. The van der Waals surface area contributed by atoms with Gasteiger partial charge >= 0.3 is 0 Å². The number of benzene rings is 1. The molecule has 4 nitrogen and oxygen atoms in total. The molecule has 4 aliphatic heterocycles. The molecule has 24 heavy (non-hydrogen) atoms. The molecule has 0 N–H and O–H groups in total. The molecule has 0 aliphatic carbocycles. The maximum absolute atomic E-state index is 13.1. The maximum atomic E-state index is 13.1. The number of fused-ring (bicyclic) bond motifs is 1. The number of rotatable bonds is 2. The molecular formula is C20H25N3O. The van der Waals surface area contributed by atoms with Crippen molar-refractivity contribution in [1.82, 2.24) is 14.4 Å². The summed E-state index contributed by atoms with van der Waals surface area (Å²) in [7, 11) is 2.13. The average Bonchev–Trinajstić information content (AvgIpc) is 2.89. The van der Waals surface area contributed by atoms with E-state index in [-0.39, 0.29) is 10.8 Å². The fourth-order valence-electron chi connectivity index (χ4n) is 5.75. The van der Waals surface area contributed by atoms with E-state index in [4.69, 9.17) is 0 Å². The van der Waals surface area contributed by atoms with Crippen molar-refractivity contribution >= 4 is 16.7 Å². The van der Waals surface area contributed by atoms with Crippen molar-refractivity contribution in [2.24, 2.45) is 17.9 Å². The third-order valence-corrected chi connectivity index (χ3v) is 6.72. The van der Waals surface area contributed by atoms with Crippen molar-refractivity contribution in [3.63, 3.8) is 0 Å². The Morgan fingerprint density at radius 2 is 1.79 bits per heavy atom. The van der Waals surface area contributed by atoms with Gasteiger partial charge in [-0.1, -0.05) is 32.0 Å². The summed E-state index contributed by atoms with van der Waals surface area (Å²) in [5.41, 5.74) is 2.35. The predicted octanol–water partition coefficient (Wildman–Crippen LogP) is 2.79. The van der Waals surface area contributed by atoms with Crippen LogP contribution in [0, 0.1) is 10.8 Å². The third-order valence-electron chi connectivity index (χ3n) is 6.72. The summed E-state index contributed by atoms with van der Waals surface area (Å²) >= 11 is 0. The smallest absolute Gasteiger partial charge is 0.150 e. The van der Waals surface area contributed by atoms with Gasteiger partial charge in [0.25, 0.3) is 0 Å². The number of carbonyl (C=O) groups excluding carboxylic acids is 1. The standard InChI is InChI=1S/C20H25N3O/c1-4-20-12-22-10-19(2,18(20)24)11-23(13-20)17(22)15-9-21(3)16-8-6-5-7-14(15)16/h5-9,17H,4,10-13H2,1-3H3. The van der Waals surface area contributed by atoms with E-state index in [1.807, 2.05) is 0 Å². The molecule has 126 valence electrons. The zero-order chi connectivity index (χ0) is 16.7. The number of hydrogen-bond donors (Lipinski definition) is 0. The molecule has 0 spiro atoms. The number of aromatic nitrogens is 1. The molecule has 2 unspecified atom stereocenters. The molecule has 0 amide bonds. The number of Topliss-reactive ketones (excluding diaryl/α,β-unsaturated/α-hetero) is 1. The van der Waals surface area contributed by atoms with Crippen molar-refractivity contribution in [2.75, 3.05) is 26.2 Å². The second-order valence-corrected chi connectivity index (χ2v) is 8.42. The molecular weight excluding hydrogens is 298 g/mol. The lowest BCUT2D eigenvalue weighted by molar-refractivity contribution is -0.200. The Labute approximate surface area is 143 Å². The van der Waals surface area contributed by atoms with Crippen LogP contribution in [0.2, 0.25) is 0 Å². The number of hydrogen-bond acceptors (Lipinski definition) is 3. The second kappa shape index (κ2) is 4.50. The average molecular weight is 323 g/mol. The van der Waals surface area contributed by atoms with E-state index >= 15 is 0 Å². The molecule has 1 aromatic carbocycles. The predicted molar refractivity (Wildman–Crippen MR) is 94.6 cm³/mol. The van der Waals surface area contributed by atoms with Crippen LogP contribution in [0.25, 0.3) is 10.9 Å². The summed E-state index contributed by atoms with van der Waals surface area (Å²) in [5, 5.41) is 1.35. The van der Waals surface area contributed by atoms with Crippen molar-refractivity contribution in [2.45, 2.75) is 26.4 Å². The maximum Gasteiger partial charge on any atom is 0.150 e. The summed E-state index contributed by atoms with van der Waals surface area (Å²) < 4.78 is 2.24. The van der Waals surface area contributed by atoms with Crippen molar-refractivity contribution in [3.05, 3.63) is 36.0 Å². The summed E-state index contributed by atoms with van der Waals surface area (Å²) in [5.74, 6) is 0.515. The molecule has 2 atom stereocenters. The molecule has 4 bridgehead atoms. The lowest BCUT2D eigenvalue weighted by atomic mass is 9.60. The van der Waals surface area contributed by atoms with Gasteiger partial charge in [0, 0.05) is 55.9 Å². The van der Waals surface area contributed by atoms with Crippen LogP contribution in [0.15, 0.2) is 30.5 Å². The molecule has 1 aromatic heterocycles. The molecule has 4 aliphatic rings. The van der Waals surface area contributed by atoms with Crippen LogP contribution in [0.4, 0.5) is 0 Å². The van der Waals surface area contributed by atoms with Crippen molar-refractivity contribution < 1.29 is 4.79 Å². The zero-order valence-electron chi connectivity index (χ0n) is 14.7. The fourth-order valence-corrected chi connectivity index (χ4v) is 5.75. The van der Waals surface area contributed by atoms with Gasteiger partial charge in [-0.05, 0) is 12.5 Å². The SMILES string of the molecule is CCC12CN3CC(C)(CN(C1)C3c1cn(C)c3ccccc13)C2=O. The van der Waals surface area contributed by atoms with Gasteiger partial charge in [0.05, 0.1) is 17.0 Å². The molecule has 0 radical (unpaired) electrons. The summed E-state index contributed by atoms with van der Waals surface area (Å²) in [6, 6.07) is 8.67.